The van der Waals surface area contributed by atoms with Crippen molar-refractivity contribution in [1.29, 1.82) is 0 Å². The van der Waals surface area contributed by atoms with Gasteiger partial charge in [0.2, 0.25) is 0 Å². The van der Waals surface area contributed by atoms with Crippen molar-refractivity contribution < 1.29 is 19.4 Å². The summed E-state index contributed by atoms with van der Waals surface area (Å²) in [6.07, 6.45) is 1.55. The van der Waals surface area contributed by atoms with E-state index in [9.17, 15) is 9.59 Å². The minimum absolute atomic E-state index is 0.0346. The van der Waals surface area contributed by atoms with E-state index < -0.39 is 5.97 Å². The summed E-state index contributed by atoms with van der Waals surface area (Å²) in [6.45, 7) is 1.56. The van der Waals surface area contributed by atoms with Crippen LogP contribution in [0.3, 0.4) is 0 Å². The van der Waals surface area contributed by atoms with Gasteiger partial charge in [-0.25, -0.2) is 4.79 Å². The van der Waals surface area contributed by atoms with Crippen LogP contribution in [0.15, 0.2) is 23.8 Å². The van der Waals surface area contributed by atoms with Crippen molar-refractivity contribution in [1.82, 2.24) is 0 Å². The number of carboxylic acids is 1. The van der Waals surface area contributed by atoms with Crippen LogP contribution in [0.4, 0.5) is 5.69 Å². The number of carbonyl (C=O) groups is 2. The lowest BCUT2D eigenvalue weighted by molar-refractivity contribution is -0.132. The van der Waals surface area contributed by atoms with Crippen molar-refractivity contribution in [2.75, 3.05) is 18.6 Å². The second-order valence-electron chi connectivity index (χ2n) is 4.10. The van der Waals surface area contributed by atoms with E-state index in [2.05, 4.69) is 0 Å². The highest BCUT2D eigenvalue weighted by Crippen LogP contribution is 2.32. The molecule has 0 bridgehead atoms. The lowest BCUT2D eigenvalue weighted by Crippen LogP contribution is -2.35. The van der Waals surface area contributed by atoms with Crippen molar-refractivity contribution in [2.45, 2.75) is 6.92 Å². The monoisotopic (exact) mass is 247 g/mol. The van der Waals surface area contributed by atoms with E-state index in [1.165, 1.54) is 11.8 Å². The second kappa shape index (κ2) is 4.52. The second-order valence-corrected chi connectivity index (χ2v) is 4.10. The zero-order valence-electron chi connectivity index (χ0n) is 10.1. The third kappa shape index (κ3) is 2.20. The minimum Gasteiger partial charge on any atom is -0.482 e. The molecule has 1 aliphatic heterocycles. The molecule has 0 saturated heterocycles. The number of rotatable bonds is 2. The number of hydrogen-bond donors (Lipinski definition) is 1. The molecule has 0 saturated carbocycles. The molecular weight excluding hydrogens is 234 g/mol. The fourth-order valence-corrected chi connectivity index (χ4v) is 1.69. The fourth-order valence-electron chi connectivity index (χ4n) is 1.69. The third-order valence-electron chi connectivity index (χ3n) is 2.79. The highest BCUT2D eigenvalue weighted by molar-refractivity contribution is 5.98. The number of benzene rings is 1. The quantitative estimate of drug-likeness (QED) is 0.805. The summed E-state index contributed by atoms with van der Waals surface area (Å²) in [6, 6.07) is 5.23. The largest absolute Gasteiger partial charge is 0.482 e. The first kappa shape index (κ1) is 12.2. The summed E-state index contributed by atoms with van der Waals surface area (Å²) >= 11 is 0. The zero-order chi connectivity index (χ0) is 13.3. The number of nitrogens with zero attached hydrogens (tertiary/aromatic N) is 1. The fraction of sp³-hybridized carbons (Fsp3) is 0.231. The molecule has 5 heteroatoms. The molecule has 2 rings (SSSR count). The van der Waals surface area contributed by atoms with Gasteiger partial charge in [-0.3, -0.25) is 4.79 Å². The SMILES string of the molecule is C/C(=C\c1ccc2c(c1)N(C)C(=O)CO2)C(=O)O. The van der Waals surface area contributed by atoms with Gasteiger partial charge < -0.3 is 14.7 Å². The Kier molecular flexibility index (Phi) is 3.06. The molecule has 1 heterocycles. The Bertz CT molecular complexity index is 548. The molecule has 94 valence electrons. The van der Waals surface area contributed by atoms with Gasteiger partial charge in [-0.15, -0.1) is 0 Å². The molecule has 0 spiro atoms. The van der Waals surface area contributed by atoms with Crippen molar-refractivity contribution in [3.05, 3.63) is 29.3 Å². The molecule has 0 aliphatic carbocycles. The van der Waals surface area contributed by atoms with Crippen LogP contribution >= 0.6 is 0 Å². The highest BCUT2D eigenvalue weighted by atomic mass is 16.5. The lowest BCUT2D eigenvalue weighted by atomic mass is 10.1. The summed E-state index contributed by atoms with van der Waals surface area (Å²) in [4.78, 5) is 23.7. The van der Waals surface area contributed by atoms with Crippen LogP contribution in [0.5, 0.6) is 5.75 Å². The van der Waals surface area contributed by atoms with E-state index in [1.54, 1.807) is 31.3 Å². The number of ether oxygens (including phenoxy) is 1. The molecule has 0 atom stereocenters. The topological polar surface area (TPSA) is 66.8 Å². The zero-order valence-corrected chi connectivity index (χ0v) is 10.1. The van der Waals surface area contributed by atoms with E-state index in [1.807, 2.05) is 0 Å². The number of hydrogen-bond acceptors (Lipinski definition) is 3. The maximum Gasteiger partial charge on any atom is 0.331 e. The van der Waals surface area contributed by atoms with Crippen molar-refractivity contribution in [3.8, 4) is 5.75 Å². The molecule has 5 nitrogen and oxygen atoms in total. The van der Waals surface area contributed by atoms with Crippen LogP contribution in [-0.2, 0) is 9.59 Å². The summed E-state index contributed by atoms with van der Waals surface area (Å²) < 4.78 is 5.29. The normalized spacial score (nSPS) is 15.1. The molecule has 0 fully saturated rings. The molecule has 0 radical (unpaired) electrons. The number of likely N-dealkylation sites (N-methyl/N-ethyl adjacent to an activating group) is 1. The van der Waals surface area contributed by atoms with Crippen LogP contribution in [0, 0.1) is 0 Å². The van der Waals surface area contributed by atoms with Gasteiger partial charge in [0.05, 0.1) is 5.69 Å². The van der Waals surface area contributed by atoms with E-state index in [0.717, 1.165) is 5.56 Å². The average Bonchev–Trinajstić information content (AvgIpc) is 2.34. The number of fused-ring (bicyclic) bond motifs is 1. The first-order chi connectivity index (χ1) is 8.49. The maximum absolute atomic E-state index is 11.5. The van der Waals surface area contributed by atoms with Gasteiger partial charge in [-0.1, -0.05) is 6.07 Å². The molecule has 1 aromatic carbocycles. The molecular formula is C13H13NO4. The molecule has 18 heavy (non-hydrogen) atoms. The van der Waals surface area contributed by atoms with Gasteiger partial charge >= 0.3 is 5.97 Å². The molecule has 1 amide bonds. The predicted molar refractivity (Wildman–Crippen MR) is 66.6 cm³/mol. The number of carboxylic acid groups (broad SMARTS) is 1. The van der Waals surface area contributed by atoms with Gasteiger partial charge in [0.25, 0.3) is 5.91 Å². The van der Waals surface area contributed by atoms with E-state index >= 15 is 0 Å². The molecule has 1 N–H and O–H groups in total. The standard InChI is InChI=1S/C13H13NO4/c1-8(13(16)17)5-9-3-4-11-10(6-9)14(2)12(15)7-18-11/h3-6H,7H2,1-2H3,(H,16,17)/b8-5+. The van der Waals surface area contributed by atoms with Crippen LogP contribution < -0.4 is 9.64 Å². The van der Waals surface area contributed by atoms with Gasteiger partial charge in [0.1, 0.15) is 5.75 Å². The number of anilines is 1. The van der Waals surface area contributed by atoms with Gasteiger partial charge in [-0.05, 0) is 30.7 Å². The highest BCUT2D eigenvalue weighted by Gasteiger charge is 2.21. The Morgan fingerprint density at radius 2 is 2.22 bits per heavy atom. The van der Waals surface area contributed by atoms with Crippen LogP contribution in [0.2, 0.25) is 0 Å². The predicted octanol–water partition coefficient (Wildman–Crippen LogP) is 1.53. The van der Waals surface area contributed by atoms with Crippen molar-refractivity contribution >= 4 is 23.6 Å². The molecule has 0 unspecified atom stereocenters. The lowest BCUT2D eigenvalue weighted by Gasteiger charge is -2.26. The molecule has 1 aromatic rings. The molecule has 0 aromatic heterocycles. The summed E-state index contributed by atoms with van der Waals surface area (Å²) in [5.74, 6) is -0.464. The van der Waals surface area contributed by atoms with Gasteiger partial charge in [0.15, 0.2) is 6.61 Å². The summed E-state index contributed by atoms with van der Waals surface area (Å²) in [5.41, 5.74) is 1.61. The number of amides is 1. The summed E-state index contributed by atoms with van der Waals surface area (Å²) in [5, 5.41) is 8.82. The Morgan fingerprint density at radius 3 is 2.89 bits per heavy atom. The van der Waals surface area contributed by atoms with E-state index in [-0.39, 0.29) is 18.1 Å². The summed E-state index contributed by atoms with van der Waals surface area (Å²) in [7, 11) is 1.67. The third-order valence-corrected chi connectivity index (χ3v) is 2.79. The number of aliphatic carboxylic acids is 1. The number of carbonyl (C=O) groups excluding carboxylic acids is 1. The van der Waals surface area contributed by atoms with Gasteiger partial charge in [-0.2, -0.15) is 0 Å². The Balaban J connectivity index is 2.40. The van der Waals surface area contributed by atoms with Crippen LogP contribution in [-0.4, -0.2) is 30.6 Å². The maximum atomic E-state index is 11.5. The smallest absolute Gasteiger partial charge is 0.331 e. The first-order valence-electron chi connectivity index (χ1n) is 5.44. The molecule has 1 aliphatic rings. The van der Waals surface area contributed by atoms with Crippen molar-refractivity contribution in [3.63, 3.8) is 0 Å². The minimum atomic E-state index is -0.964. The van der Waals surface area contributed by atoms with E-state index in [0.29, 0.717) is 11.4 Å². The van der Waals surface area contributed by atoms with Crippen molar-refractivity contribution in [2.24, 2.45) is 0 Å². The van der Waals surface area contributed by atoms with Gasteiger partial charge in [0, 0.05) is 12.6 Å². The Morgan fingerprint density at radius 1 is 1.50 bits per heavy atom. The van der Waals surface area contributed by atoms with Crippen LogP contribution in [0.1, 0.15) is 12.5 Å². The Labute approximate surface area is 104 Å². The average molecular weight is 247 g/mol. The van der Waals surface area contributed by atoms with E-state index in [4.69, 9.17) is 9.84 Å². The Hall–Kier alpha value is -2.30. The first-order valence-corrected chi connectivity index (χ1v) is 5.44. The van der Waals surface area contributed by atoms with Crippen LogP contribution in [0.25, 0.3) is 6.08 Å².